The average Bonchev–Trinajstić information content (AvgIpc) is 3.66. The van der Waals surface area contributed by atoms with Crippen LogP contribution in [0.25, 0.3) is 0 Å². The molecule has 2 saturated heterocycles. The third-order valence-electron chi connectivity index (χ3n) is 7.58. The Balaban J connectivity index is 1.83. The molecule has 258 valence electrons. The standard InChI is InChI=1S/C30H50N2O9S4/c1-19(2)40-22(5)41-26(33)13-7-6-10-23(45-44-17-21(4)28(35)32-15-9-12-25(32)30(38)39)18-43-42-16-20(3)27(34)31-14-8-11-24(31)29(36)37/h19-25H,6-18H2,1-5H3,(H,36,37)(H,38,39). The number of hydrogen-bond acceptors (Lipinski definition) is 11. The minimum Gasteiger partial charge on any atom is -0.480 e. The minimum absolute atomic E-state index is 0.0339. The Hall–Kier alpha value is -1.29. The van der Waals surface area contributed by atoms with E-state index in [0.717, 1.165) is 18.6 Å². The van der Waals surface area contributed by atoms with Crippen molar-refractivity contribution in [3.63, 3.8) is 0 Å². The van der Waals surface area contributed by atoms with E-state index in [1.165, 1.54) is 9.80 Å². The lowest BCUT2D eigenvalue weighted by atomic mass is 10.1. The molecule has 0 aromatic heterocycles. The van der Waals surface area contributed by atoms with Gasteiger partial charge in [-0.05, 0) is 59.3 Å². The molecule has 2 amide bonds. The summed E-state index contributed by atoms with van der Waals surface area (Å²) in [5.74, 6) is -1.08. The van der Waals surface area contributed by atoms with E-state index in [-0.39, 0.29) is 41.0 Å². The largest absolute Gasteiger partial charge is 0.480 e. The molecule has 2 rings (SSSR count). The Labute approximate surface area is 283 Å². The average molecular weight is 711 g/mol. The highest BCUT2D eigenvalue weighted by molar-refractivity contribution is 8.78. The minimum atomic E-state index is -0.950. The van der Waals surface area contributed by atoms with Crippen LogP contribution in [0.5, 0.6) is 0 Å². The van der Waals surface area contributed by atoms with Crippen LogP contribution in [0, 0.1) is 11.8 Å². The first-order valence-electron chi connectivity index (χ1n) is 15.8. The molecular weight excluding hydrogens is 661 g/mol. The summed E-state index contributed by atoms with van der Waals surface area (Å²) in [6.45, 7) is 10.1. The summed E-state index contributed by atoms with van der Waals surface area (Å²) >= 11 is 0. The summed E-state index contributed by atoms with van der Waals surface area (Å²) < 4.78 is 10.8. The predicted molar refractivity (Wildman–Crippen MR) is 182 cm³/mol. The Morgan fingerprint density at radius 2 is 1.27 bits per heavy atom. The molecule has 2 heterocycles. The van der Waals surface area contributed by atoms with Gasteiger partial charge in [-0.1, -0.05) is 63.4 Å². The van der Waals surface area contributed by atoms with Crippen molar-refractivity contribution in [1.29, 1.82) is 0 Å². The van der Waals surface area contributed by atoms with Gasteiger partial charge in [0, 0.05) is 53.9 Å². The fourth-order valence-corrected chi connectivity index (χ4v) is 11.6. The van der Waals surface area contributed by atoms with Crippen LogP contribution in [0.2, 0.25) is 0 Å². The first-order valence-corrected chi connectivity index (χ1v) is 20.6. The van der Waals surface area contributed by atoms with Crippen LogP contribution in [0.1, 0.15) is 86.0 Å². The third kappa shape index (κ3) is 14.2. The normalized spacial score (nSPS) is 21.0. The molecule has 2 aliphatic rings. The first-order chi connectivity index (χ1) is 21.3. The zero-order valence-corrected chi connectivity index (χ0v) is 30.3. The lowest BCUT2D eigenvalue weighted by Gasteiger charge is -2.25. The van der Waals surface area contributed by atoms with Crippen LogP contribution in [0.4, 0.5) is 0 Å². The molecule has 2 aliphatic heterocycles. The first kappa shape index (κ1) is 39.9. The number of carboxylic acids is 2. The number of nitrogens with zero attached hydrogens (tertiary/aromatic N) is 2. The number of carbonyl (C=O) groups excluding carboxylic acids is 3. The predicted octanol–water partition coefficient (Wildman–Crippen LogP) is 5.42. The number of carbonyl (C=O) groups is 5. The Kier molecular flexibility index (Phi) is 18.5. The van der Waals surface area contributed by atoms with Crippen molar-refractivity contribution in [2.24, 2.45) is 11.8 Å². The number of amides is 2. The smallest absolute Gasteiger partial charge is 0.326 e. The monoisotopic (exact) mass is 710 g/mol. The fraction of sp³-hybridized carbons (Fsp3) is 0.833. The van der Waals surface area contributed by atoms with Gasteiger partial charge in [-0.3, -0.25) is 14.4 Å². The maximum atomic E-state index is 12.9. The Bertz CT molecular complexity index is 989. The van der Waals surface area contributed by atoms with E-state index in [1.807, 2.05) is 27.7 Å². The number of esters is 1. The van der Waals surface area contributed by atoms with Gasteiger partial charge in [0.15, 0.2) is 6.29 Å². The van der Waals surface area contributed by atoms with Gasteiger partial charge in [0.25, 0.3) is 0 Å². The molecule has 0 saturated carbocycles. The molecule has 0 radical (unpaired) electrons. The quantitative estimate of drug-likeness (QED) is 0.0677. The molecule has 0 aromatic rings. The van der Waals surface area contributed by atoms with Crippen molar-refractivity contribution in [2.75, 3.05) is 30.3 Å². The summed E-state index contributed by atoms with van der Waals surface area (Å²) in [6.07, 6.45) is 4.44. The maximum absolute atomic E-state index is 12.9. The summed E-state index contributed by atoms with van der Waals surface area (Å²) in [5.41, 5.74) is 0. The van der Waals surface area contributed by atoms with Crippen LogP contribution in [-0.4, -0.2) is 110 Å². The summed E-state index contributed by atoms with van der Waals surface area (Å²) in [7, 11) is 6.58. The van der Waals surface area contributed by atoms with Crippen molar-refractivity contribution >= 4 is 72.9 Å². The van der Waals surface area contributed by atoms with Crippen LogP contribution in [0.15, 0.2) is 0 Å². The van der Waals surface area contributed by atoms with Crippen molar-refractivity contribution in [2.45, 2.75) is 116 Å². The van der Waals surface area contributed by atoms with Crippen molar-refractivity contribution in [3.8, 4) is 0 Å². The van der Waals surface area contributed by atoms with Crippen molar-refractivity contribution < 1.29 is 43.7 Å². The van der Waals surface area contributed by atoms with Gasteiger partial charge in [0.1, 0.15) is 12.1 Å². The number of unbranched alkanes of at least 4 members (excludes halogenated alkanes) is 1. The van der Waals surface area contributed by atoms with E-state index in [0.29, 0.717) is 63.1 Å². The number of carboxylic acid groups (broad SMARTS) is 2. The van der Waals surface area contributed by atoms with Gasteiger partial charge in [0.2, 0.25) is 11.8 Å². The third-order valence-corrected chi connectivity index (χ3v) is 13.5. The molecule has 2 fully saturated rings. The van der Waals surface area contributed by atoms with Crippen LogP contribution in [0.3, 0.4) is 0 Å². The second-order valence-corrected chi connectivity index (χ2v) is 17.2. The van der Waals surface area contributed by atoms with Gasteiger partial charge in [-0.25, -0.2) is 9.59 Å². The lowest BCUT2D eigenvalue weighted by Crippen LogP contribution is -2.43. The highest BCUT2D eigenvalue weighted by Crippen LogP contribution is 2.37. The van der Waals surface area contributed by atoms with Crippen LogP contribution < -0.4 is 0 Å². The zero-order chi connectivity index (χ0) is 33.5. The van der Waals surface area contributed by atoms with Crippen molar-refractivity contribution in [3.05, 3.63) is 0 Å². The highest BCUT2D eigenvalue weighted by Gasteiger charge is 2.37. The zero-order valence-electron chi connectivity index (χ0n) is 27.0. The molecule has 6 atom stereocenters. The van der Waals surface area contributed by atoms with Crippen molar-refractivity contribution in [1.82, 2.24) is 9.80 Å². The Morgan fingerprint density at radius 3 is 1.78 bits per heavy atom. The second-order valence-electron chi connectivity index (χ2n) is 11.9. The maximum Gasteiger partial charge on any atom is 0.326 e. The second kappa shape index (κ2) is 20.8. The summed E-state index contributed by atoms with van der Waals surface area (Å²) in [6, 6.07) is -1.46. The Morgan fingerprint density at radius 1 is 0.756 bits per heavy atom. The number of hydrogen-bond donors (Lipinski definition) is 2. The molecular formula is C30H50N2O9S4. The molecule has 0 bridgehead atoms. The molecule has 0 aliphatic carbocycles. The van der Waals surface area contributed by atoms with Gasteiger partial charge >= 0.3 is 17.9 Å². The summed E-state index contributed by atoms with van der Waals surface area (Å²) in [5, 5.41) is 19.1. The lowest BCUT2D eigenvalue weighted by molar-refractivity contribution is -0.181. The number of likely N-dealkylation sites (tertiary alicyclic amines) is 2. The molecule has 11 nitrogen and oxygen atoms in total. The molecule has 6 unspecified atom stereocenters. The van der Waals surface area contributed by atoms with E-state index < -0.39 is 30.3 Å². The van der Waals surface area contributed by atoms with Crippen LogP contribution in [-0.2, 0) is 33.4 Å². The molecule has 0 aromatic carbocycles. The topological polar surface area (TPSA) is 151 Å². The van der Waals surface area contributed by atoms with E-state index >= 15 is 0 Å². The number of aliphatic carboxylic acids is 2. The molecule has 0 spiro atoms. The van der Waals surface area contributed by atoms with Gasteiger partial charge < -0.3 is 29.5 Å². The van der Waals surface area contributed by atoms with Gasteiger partial charge in [0.05, 0.1) is 6.10 Å². The fourth-order valence-electron chi connectivity index (χ4n) is 5.25. The van der Waals surface area contributed by atoms with E-state index in [9.17, 15) is 34.2 Å². The van der Waals surface area contributed by atoms with E-state index in [1.54, 1.807) is 50.1 Å². The summed E-state index contributed by atoms with van der Waals surface area (Å²) in [4.78, 5) is 64.0. The van der Waals surface area contributed by atoms with Gasteiger partial charge in [-0.2, -0.15) is 0 Å². The van der Waals surface area contributed by atoms with Gasteiger partial charge in [-0.15, -0.1) is 0 Å². The molecule has 45 heavy (non-hydrogen) atoms. The van der Waals surface area contributed by atoms with E-state index in [4.69, 9.17) is 9.47 Å². The molecule has 15 heteroatoms. The highest BCUT2D eigenvalue weighted by atomic mass is 33.1. The van der Waals surface area contributed by atoms with E-state index in [2.05, 4.69) is 0 Å². The molecule has 2 N–H and O–H groups in total. The SMILES string of the molecule is CC(C)OC(C)OC(=O)CCCCC(CSSCC(C)C(=O)N1CCCC1C(=O)O)SSCC(C)C(=O)N1CCCC1C(=O)O. The number of rotatable bonds is 21. The number of ether oxygens (including phenoxy) is 2. The van der Waals surface area contributed by atoms with Crippen LogP contribution >= 0.6 is 43.2 Å².